The highest BCUT2D eigenvalue weighted by Gasteiger charge is 2.25. The molecule has 0 spiro atoms. The molecule has 1 aliphatic heterocycles. The standard InChI is InChI=1S/C21H27N5O4/c1-13(2)22-21(28)17-11-26(25-24-17)16-6-4-15(5-7-16)23-20(27)10-14-3-8-18-19(9-14)30-12-29-18/h3,8-9,11,13,15-16H,4-7,10,12H2,1-2H3,(H,22,28)(H,23,27). The predicted octanol–water partition coefficient (Wildman–Crippen LogP) is 1.99. The minimum Gasteiger partial charge on any atom is -0.454 e. The molecule has 2 aromatic rings. The summed E-state index contributed by atoms with van der Waals surface area (Å²) in [4.78, 5) is 24.5. The predicted molar refractivity (Wildman–Crippen MR) is 108 cm³/mol. The van der Waals surface area contributed by atoms with E-state index in [4.69, 9.17) is 9.47 Å². The number of carbonyl (C=O) groups is 2. The molecule has 0 radical (unpaired) electrons. The minimum absolute atomic E-state index is 0.00529. The highest BCUT2D eigenvalue weighted by atomic mass is 16.7. The number of carbonyl (C=O) groups excluding carboxylic acids is 2. The topological polar surface area (TPSA) is 107 Å². The van der Waals surface area contributed by atoms with Gasteiger partial charge < -0.3 is 20.1 Å². The van der Waals surface area contributed by atoms with Crippen molar-refractivity contribution in [3.8, 4) is 11.5 Å². The van der Waals surface area contributed by atoms with E-state index < -0.39 is 0 Å². The Balaban J connectivity index is 1.25. The molecule has 2 N–H and O–H groups in total. The van der Waals surface area contributed by atoms with Crippen LogP contribution in [-0.2, 0) is 11.2 Å². The molecule has 0 atom stereocenters. The van der Waals surface area contributed by atoms with Crippen LogP contribution in [0, 0.1) is 0 Å². The van der Waals surface area contributed by atoms with Crippen LogP contribution in [0.1, 0.15) is 61.6 Å². The van der Waals surface area contributed by atoms with E-state index in [1.54, 1.807) is 10.9 Å². The van der Waals surface area contributed by atoms with Crippen LogP contribution < -0.4 is 20.1 Å². The third-order valence-corrected chi connectivity index (χ3v) is 5.40. The van der Waals surface area contributed by atoms with Gasteiger partial charge in [0.25, 0.3) is 5.91 Å². The van der Waals surface area contributed by atoms with Gasteiger partial charge in [-0.1, -0.05) is 11.3 Å². The fourth-order valence-electron chi connectivity index (χ4n) is 3.90. The first-order valence-electron chi connectivity index (χ1n) is 10.4. The molecule has 1 aliphatic carbocycles. The van der Waals surface area contributed by atoms with Crippen molar-refractivity contribution in [2.75, 3.05) is 6.79 Å². The molecular formula is C21H27N5O4. The molecule has 1 aromatic heterocycles. The van der Waals surface area contributed by atoms with Crippen molar-refractivity contribution in [1.29, 1.82) is 0 Å². The monoisotopic (exact) mass is 413 g/mol. The number of hydrogen-bond donors (Lipinski definition) is 2. The summed E-state index contributed by atoms with van der Waals surface area (Å²) in [6.45, 7) is 4.04. The molecular weight excluding hydrogens is 386 g/mol. The lowest BCUT2D eigenvalue weighted by molar-refractivity contribution is -0.121. The molecule has 2 amide bonds. The quantitative estimate of drug-likeness (QED) is 0.750. The molecule has 1 aromatic carbocycles. The molecule has 9 nitrogen and oxygen atoms in total. The lowest BCUT2D eigenvalue weighted by Crippen LogP contribution is -2.38. The highest BCUT2D eigenvalue weighted by Crippen LogP contribution is 2.32. The maximum Gasteiger partial charge on any atom is 0.273 e. The van der Waals surface area contributed by atoms with E-state index in [2.05, 4.69) is 20.9 Å². The Morgan fingerprint density at radius 1 is 1.17 bits per heavy atom. The van der Waals surface area contributed by atoms with Gasteiger partial charge in [0.15, 0.2) is 17.2 Å². The number of nitrogens with one attached hydrogen (secondary N) is 2. The minimum atomic E-state index is -0.208. The van der Waals surface area contributed by atoms with Crippen LogP contribution in [0.2, 0.25) is 0 Å². The summed E-state index contributed by atoms with van der Waals surface area (Å²) >= 11 is 0. The molecule has 160 valence electrons. The second-order valence-corrected chi connectivity index (χ2v) is 8.15. The van der Waals surface area contributed by atoms with Crippen molar-refractivity contribution in [2.24, 2.45) is 0 Å². The zero-order valence-electron chi connectivity index (χ0n) is 17.3. The molecule has 9 heteroatoms. The number of fused-ring (bicyclic) bond motifs is 1. The van der Waals surface area contributed by atoms with Crippen LogP contribution in [-0.4, -0.2) is 45.7 Å². The van der Waals surface area contributed by atoms with Gasteiger partial charge in [-0.15, -0.1) is 5.10 Å². The molecule has 1 saturated carbocycles. The SMILES string of the molecule is CC(C)NC(=O)c1cn(C2CCC(NC(=O)Cc3ccc4c(c3)OCO4)CC2)nn1. The van der Waals surface area contributed by atoms with Crippen LogP contribution in [0.4, 0.5) is 0 Å². The number of amides is 2. The summed E-state index contributed by atoms with van der Waals surface area (Å²) < 4.78 is 12.4. The molecule has 0 unspecified atom stereocenters. The van der Waals surface area contributed by atoms with Crippen molar-refractivity contribution in [3.05, 3.63) is 35.7 Å². The maximum atomic E-state index is 12.4. The van der Waals surface area contributed by atoms with Gasteiger partial charge in [0.05, 0.1) is 18.7 Å². The van der Waals surface area contributed by atoms with E-state index in [9.17, 15) is 9.59 Å². The fraction of sp³-hybridized carbons (Fsp3) is 0.524. The third kappa shape index (κ3) is 4.72. The number of ether oxygens (including phenoxy) is 2. The van der Waals surface area contributed by atoms with E-state index in [-0.39, 0.29) is 36.7 Å². The summed E-state index contributed by atoms with van der Waals surface area (Å²) in [5, 5.41) is 14.1. The summed E-state index contributed by atoms with van der Waals surface area (Å²) in [7, 11) is 0. The van der Waals surface area contributed by atoms with E-state index in [0.717, 1.165) is 37.0 Å². The van der Waals surface area contributed by atoms with Crippen LogP contribution in [0.3, 0.4) is 0 Å². The second-order valence-electron chi connectivity index (χ2n) is 8.15. The van der Waals surface area contributed by atoms with E-state index in [1.165, 1.54) is 0 Å². The first kappa shape index (κ1) is 20.2. The van der Waals surface area contributed by atoms with Gasteiger partial charge in [-0.2, -0.15) is 0 Å². The molecule has 2 aliphatic rings. The smallest absolute Gasteiger partial charge is 0.273 e. The molecule has 30 heavy (non-hydrogen) atoms. The van der Waals surface area contributed by atoms with E-state index in [0.29, 0.717) is 17.9 Å². The molecule has 0 bridgehead atoms. The Labute approximate surface area is 175 Å². The van der Waals surface area contributed by atoms with Crippen molar-refractivity contribution < 1.29 is 19.1 Å². The summed E-state index contributed by atoms with van der Waals surface area (Å²) in [6.07, 6.45) is 5.51. The van der Waals surface area contributed by atoms with Crippen molar-refractivity contribution in [3.63, 3.8) is 0 Å². The van der Waals surface area contributed by atoms with Gasteiger partial charge in [-0.3, -0.25) is 9.59 Å². The number of benzene rings is 1. The maximum absolute atomic E-state index is 12.4. The van der Waals surface area contributed by atoms with Gasteiger partial charge in [-0.25, -0.2) is 4.68 Å². The Morgan fingerprint density at radius 2 is 1.93 bits per heavy atom. The number of aromatic nitrogens is 3. The van der Waals surface area contributed by atoms with Crippen LogP contribution >= 0.6 is 0 Å². The van der Waals surface area contributed by atoms with Crippen LogP contribution in [0.15, 0.2) is 24.4 Å². The van der Waals surface area contributed by atoms with Gasteiger partial charge in [0.2, 0.25) is 12.7 Å². The van der Waals surface area contributed by atoms with Gasteiger partial charge in [0, 0.05) is 12.1 Å². The van der Waals surface area contributed by atoms with Gasteiger partial charge >= 0.3 is 0 Å². The Kier molecular flexibility index (Phi) is 5.87. The normalized spacial score (nSPS) is 20.2. The average molecular weight is 413 g/mol. The van der Waals surface area contributed by atoms with Gasteiger partial charge in [-0.05, 0) is 57.2 Å². The van der Waals surface area contributed by atoms with Crippen LogP contribution in [0.25, 0.3) is 0 Å². The number of nitrogens with zero attached hydrogens (tertiary/aromatic N) is 3. The first-order valence-corrected chi connectivity index (χ1v) is 10.4. The van der Waals surface area contributed by atoms with E-state index >= 15 is 0 Å². The Hall–Kier alpha value is -3.10. The number of rotatable bonds is 6. The fourth-order valence-corrected chi connectivity index (χ4v) is 3.90. The summed E-state index contributed by atoms with van der Waals surface area (Å²) in [5.74, 6) is 1.21. The van der Waals surface area contributed by atoms with Crippen molar-refractivity contribution in [2.45, 2.75) is 64.1 Å². The molecule has 2 heterocycles. The zero-order chi connectivity index (χ0) is 21.1. The first-order chi connectivity index (χ1) is 14.5. The molecule has 0 saturated heterocycles. The highest BCUT2D eigenvalue weighted by molar-refractivity contribution is 5.92. The third-order valence-electron chi connectivity index (χ3n) is 5.40. The van der Waals surface area contributed by atoms with Crippen molar-refractivity contribution >= 4 is 11.8 Å². The molecule has 4 rings (SSSR count). The molecule has 1 fully saturated rings. The Morgan fingerprint density at radius 3 is 2.70 bits per heavy atom. The van der Waals surface area contributed by atoms with E-state index in [1.807, 2.05) is 32.0 Å². The van der Waals surface area contributed by atoms with Gasteiger partial charge in [0.1, 0.15) is 0 Å². The lowest BCUT2D eigenvalue weighted by atomic mass is 9.91. The zero-order valence-corrected chi connectivity index (χ0v) is 17.3. The second kappa shape index (κ2) is 8.73. The Bertz CT molecular complexity index is 918. The van der Waals surface area contributed by atoms with Crippen molar-refractivity contribution in [1.82, 2.24) is 25.6 Å². The van der Waals surface area contributed by atoms with Crippen LogP contribution in [0.5, 0.6) is 11.5 Å². The lowest BCUT2D eigenvalue weighted by Gasteiger charge is -2.29. The average Bonchev–Trinajstić information content (AvgIpc) is 3.37. The largest absolute Gasteiger partial charge is 0.454 e. The summed E-state index contributed by atoms with van der Waals surface area (Å²) in [6, 6.07) is 5.98. The number of hydrogen-bond acceptors (Lipinski definition) is 6. The summed E-state index contributed by atoms with van der Waals surface area (Å²) in [5.41, 5.74) is 1.24.